The molecule has 9 heteroatoms. The fourth-order valence-corrected chi connectivity index (χ4v) is 3.82. The lowest BCUT2D eigenvalue weighted by molar-refractivity contribution is -0.119. The number of carbonyl (C=O) groups is 1. The molecule has 0 aromatic heterocycles. The zero-order valence-electron chi connectivity index (χ0n) is 14.1. The Labute approximate surface area is 171 Å². The first kappa shape index (κ1) is 20.7. The molecule has 1 amide bonds. The molecule has 138 valence electrons. The Kier molecular flexibility index (Phi) is 7.01. The Balaban J connectivity index is 2.16. The van der Waals surface area contributed by atoms with E-state index in [1.54, 1.807) is 25.1 Å². The minimum atomic E-state index is -3.69. The predicted molar refractivity (Wildman–Crippen MR) is 113 cm³/mol. The molecule has 26 heavy (non-hydrogen) atoms. The van der Waals surface area contributed by atoms with Gasteiger partial charge in [0, 0.05) is 3.57 Å². The van der Waals surface area contributed by atoms with Crippen molar-refractivity contribution in [2.24, 2.45) is 5.10 Å². The summed E-state index contributed by atoms with van der Waals surface area (Å²) < 4.78 is 26.1. The second-order valence-electron chi connectivity index (χ2n) is 5.46. The predicted octanol–water partition coefficient (Wildman–Crippen LogP) is 3.25. The minimum absolute atomic E-state index is 0.240. The van der Waals surface area contributed by atoms with Gasteiger partial charge in [0.15, 0.2) is 0 Å². The molecule has 0 heterocycles. The number of hydrazone groups is 1. The molecule has 0 aliphatic rings. The standard InChI is InChI=1S/C17H17ClIN3O3S/c1-12(13-6-5-7-14(19)10-13)20-21-17(23)11-22(26(2,24)25)16-9-4-3-8-15(16)18/h3-10H,11H2,1-2H3,(H,21,23)/b20-12-. The molecule has 6 nitrogen and oxygen atoms in total. The van der Waals surface area contributed by atoms with Gasteiger partial charge in [0.2, 0.25) is 10.0 Å². The van der Waals surface area contributed by atoms with Crippen molar-refractivity contribution in [3.8, 4) is 0 Å². The summed E-state index contributed by atoms with van der Waals surface area (Å²) in [7, 11) is -3.69. The molecule has 2 aromatic carbocycles. The van der Waals surface area contributed by atoms with Crippen molar-refractivity contribution in [1.29, 1.82) is 0 Å². The van der Waals surface area contributed by atoms with Gasteiger partial charge in [-0.3, -0.25) is 9.10 Å². The number of hydrogen-bond donors (Lipinski definition) is 1. The van der Waals surface area contributed by atoms with E-state index >= 15 is 0 Å². The second kappa shape index (κ2) is 8.83. The Morgan fingerprint density at radius 3 is 2.54 bits per heavy atom. The number of halogens is 2. The average Bonchev–Trinajstić information content (AvgIpc) is 2.57. The van der Waals surface area contributed by atoms with Gasteiger partial charge >= 0.3 is 0 Å². The van der Waals surface area contributed by atoms with Crippen molar-refractivity contribution in [1.82, 2.24) is 5.43 Å². The van der Waals surface area contributed by atoms with E-state index in [2.05, 4.69) is 33.1 Å². The van der Waals surface area contributed by atoms with Crippen molar-refractivity contribution in [3.05, 3.63) is 62.7 Å². The largest absolute Gasteiger partial charge is 0.271 e. The summed E-state index contributed by atoms with van der Waals surface area (Å²) in [6, 6.07) is 14.1. The van der Waals surface area contributed by atoms with Crippen molar-refractivity contribution in [2.45, 2.75) is 6.92 Å². The maximum Gasteiger partial charge on any atom is 0.260 e. The number of amides is 1. The van der Waals surface area contributed by atoms with E-state index in [1.807, 2.05) is 24.3 Å². The molecule has 2 rings (SSSR count). The summed E-state index contributed by atoms with van der Waals surface area (Å²) >= 11 is 8.25. The first-order chi connectivity index (χ1) is 12.2. The van der Waals surface area contributed by atoms with Gasteiger partial charge < -0.3 is 0 Å². The maximum absolute atomic E-state index is 12.2. The van der Waals surface area contributed by atoms with Crippen LogP contribution in [0.2, 0.25) is 5.02 Å². The molecule has 0 saturated heterocycles. The number of nitrogens with zero attached hydrogens (tertiary/aromatic N) is 2. The molecule has 2 aromatic rings. The smallest absolute Gasteiger partial charge is 0.260 e. The van der Waals surface area contributed by atoms with Crippen LogP contribution in [0.5, 0.6) is 0 Å². The lowest BCUT2D eigenvalue weighted by atomic mass is 10.1. The van der Waals surface area contributed by atoms with Gasteiger partial charge in [-0.2, -0.15) is 5.10 Å². The van der Waals surface area contributed by atoms with Crippen LogP contribution in [0.4, 0.5) is 5.69 Å². The zero-order chi connectivity index (χ0) is 19.3. The Bertz CT molecular complexity index is 948. The van der Waals surface area contributed by atoms with Gasteiger partial charge in [0.1, 0.15) is 6.54 Å². The third kappa shape index (κ3) is 5.68. The molecule has 0 spiro atoms. The molecule has 0 unspecified atom stereocenters. The third-order valence-corrected chi connectivity index (χ3v) is 5.52. The SMILES string of the molecule is C/C(=N/NC(=O)CN(c1ccccc1Cl)S(C)(=O)=O)c1cccc(I)c1. The molecule has 0 radical (unpaired) electrons. The van der Waals surface area contributed by atoms with Crippen molar-refractivity contribution >= 4 is 61.5 Å². The number of hydrogen-bond acceptors (Lipinski definition) is 4. The van der Waals surface area contributed by atoms with E-state index in [4.69, 9.17) is 11.6 Å². The van der Waals surface area contributed by atoms with Crippen LogP contribution in [0.1, 0.15) is 12.5 Å². The van der Waals surface area contributed by atoms with Crippen LogP contribution in [0.25, 0.3) is 0 Å². The summed E-state index contributed by atoms with van der Waals surface area (Å²) in [5.74, 6) is -0.569. The van der Waals surface area contributed by atoms with Gasteiger partial charge in [-0.15, -0.1) is 0 Å². The summed E-state index contributed by atoms with van der Waals surface area (Å²) in [6.07, 6.45) is 1.02. The fourth-order valence-electron chi connectivity index (χ4n) is 2.13. The van der Waals surface area contributed by atoms with E-state index in [0.29, 0.717) is 5.71 Å². The zero-order valence-corrected chi connectivity index (χ0v) is 17.8. The quantitative estimate of drug-likeness (QED) is 0.372. The lowest BCUT2D eigenvalue weighted by Crippen LogP contribution is -2.39. The summed E-state index contributed by atoms with van der Waals surface area (Å²) in [4.78, 5) is 12.2. The van der Waals surface area contributed by atoms with Crippen LogP contribution < -0.4 is 9.73 Å². The van der Waals surface area contributed by atoms with Crippen LogP contribution in [-0.2, 0) is 14.8 Å². The van der Waals surface area contributed by atoms with Crippen LogP contribution in [0, 0.1) is 3.57 Å². The maximum atomic E-state index is 12.2. The number of rotatable bonds is 6. The lowest BCUT2D eigenvalue weighted by Gasteiger charge is -2.22. The van der Waals surface area contributed by atoms with Crippen LogP contribution in [-0.4, -0.2) is 32.8 Å². The molecule has 0 bridgehead atoms. The molecule has 0 aliphatic heterocycles. The number of sulfonamides is 1. The van der Waals surface area contributed by atoms with Crippen molar-refractivity contribution in [3.63, 3.8) is 0 Å². The Morgan fingerprint density at radius 2 is 1.92 bits per heavy atom. The number of benzene rings is 2. The highest BCUT2D eigenvalue weighted by Crippen LogP contribution is 2.26. The Morgan fingerprint density at radius 1 is 1.23 bits per heavy atom. The van der Waals surface area contributed by atoms with Gasteiger partial charge in [-0.05, 0) is 59.3 Å². The minimum Gasteiger partial charge on any atom is -0.271 e. The second-order valence-corrected chi connectivity index (χ2v) is 9.02. The van der Waals surface area contributed by atoms with E-state index < -0.39 is 22.5 Å². The van der Waals surface area contributed by atoms with Crippen molar-refractivity contribution < 1.29 is 13.2 Å². The number of carbonyl (C=O) groups excluding carboxylic acids is 1. The third-order valence-electron chi connectivity index (χ3n) is 3.40. The van der Waals surface area contributed by atoms with E-state index in [9.17, 15) is 13.2 Å². The van der Waals surface area contributed by atoms with Crippen LogP contribution >= 0.6 is 34.2 Å². The molecule has 0 fully saturated rings. The first-order valence-electron chi connectivity index (χ1n) is 7.50. The molecule has 0 saturated carbocycles. The Hall–Kier alpha value is -1.65. The van der Waals surface area contributed by atoms with Gasteiger partial charge in [-0.1, -0.05) is 35.9 Å². The van der Waals surface area contributed by atoms with Crippen LogP contribution in [0.15, 0.2) is 53.6 Å². The van der Waals surface area contributed by atoms with Crippen molar-refractivity contribution in [2.75, 3.05) is 17.1 Å². The fraction of sp³-hybridized carbons (Fsp3) is 0.176. The summed E-state index contributed by atoms with van der Waals surface area (Å²) in [6.45, 7) is 1.33. The summed E-state index contributed by atoms with van der Waals surface area (Å²) in [5, 5.41) is 4.29. The first-order valence-corrected chi connectivity index (χ1v) is 10.8. The molecule has 1 N–H and O–H groups in total. The highest BCUT2D eigenvalue weighted by molar-refractivity contribution is 14.1. The number of para-hydroxylation sites is 1. The monoisotopic (exact) mass is 505 g/mol. The number of anilines is 1. The molecular formula is C17H17ClIN3O3S. The highest BCUT2D eigenvalue weighted by atomic mass is 127. The number of nitrogens with one attached hydrogen (secondary N) is 1. The van der Waals surface area contributed by atoms with Gasteiger partial charge in [-0.25, -0.2) is 13.8 Å². The van der Waals surface area contributed by atoms with E-state index in [1.165, 1.54) is 6.07 Å². The van der Waals surface area contributed by atoms with Crippen LogP contribution in [0.3, 0.4) is 0 Å². The average molecular weight is 506 g/mol. The van der Waals surface area contributed by atoms with Gasteiger partial charge in [0.25, 0.3) is 5.91 Å². The van der Waals surface area contributed by atoms with E-state index in [0.717, 1.165) is 19.7 Å². The highest BCUT2D eigenvalue weighted by Gasteiger charge is 2.22. The summed E-state index contributed by atoms with van der Waals surface area (Å²) in [5.41, 5.74) is 4.11. The molecule has 0 aliphatic carbocycles. The van der Waals surface area contributed by atoms with E-state index in [-0.39, 0.29) is 10.7 Å². The molecule has 0 atom stereocenters. The molecular weight excluding hydrogens is 489 g/mol. The van der Waals surface area contributed by atoms with Gasteiger partial charge in [0.05, 0.1) is 22.7 Å². The topological polar surface area (TPSA) is 78.8 Å². The normalized spacial score (nSPS) is 11.9.